The van der Waals surface area contributed by atoms with Gasteiger partial charge in [-0.05, 0) is 69.1 Å². The quantitative estimate of drug-likeness (QED) is 0.248. The van der Waals surface area contributed by atoms with Gasteiger partial charge in [-0.25, -0.2) is 4.98 Å². The maximum Gasteiger partial charge on any atom is 0.145 e. The Kier molecular flexibility index (Phi) is 4.49. The predicted octanol–water partition coefficient (Wildman–Crippen LogP) is 8.67. The molecular weight excluding hydrogens is 424 g/mol. The summed E-state index contributed by atoms with van der Waals surface area (Å²) >= 11 is 0. The van der Waals surface area contributed by atoms with E-state index in [0.717, 1.165) is 28.1 Å². The van der Waals surface area contributed by atoms with Crippen molar-refractivity contribution in [3.05, 3.63) is 133 Å². The van der Waals surface area contributed by atoms with E-state index in [-0.39, 0.29) is 0 Å². The molecule has 0 saturated heterocycles. The van der Waals surface area contributed by atoms with Crippen molar-refractivity contribution in [3.8, 4) is 28.2 Å². The molecule has 0 N–H and O–H groups in total. The Bertz CT molecular complexity index is 1790. The zero-order chi connectivity index (χ0) is 23.2. The number of aromatic nitrogens is 2. The molecule has 0 atom stereocenters. The third-order valence-corrected chi connectivity index (χ3v) is 6.76. The molecule has 0 aliphatic carbocycles. The molecule has 0 fully saturated rings. The first kappa shape index (κ1) is 19.7. The Labute approximate surface area is 203 Å². The molecule has 0 radical (unpaired) electrons. The zero-order valence-corrected chi connectivity index (χ0v) is 19.1. The van der Waals surface area contributed by atoms with Crippen LogP contribution in [0.25, 0.3) is 60.8 Å². The van der Waals surface area contributed by atoms with E-state index in [4.69, 9.17) is 4.98 Å². The highest BCUT2D eigenvalue weighted by atomic mass is 15.1. The third kappa shape index (κ3) is 3.23. The topological polar surface area (TPSA) is 17.8 Å². The summed E-state index contributed by atoms with van der Waals surface area (Å²) in [6.07, 6.45) is 0. The summed E-state index contributed by atoms with van der Waals surface area (Å²) in [5, 5.41) is 5.03. The Morgan fingerprint density at radius 1 is 0.486 bits per heavy atom. The minimum absolute atomic E-state index is 0.948. The van der Waals surface area contributed by atoms with Crippen molar-refractivity contribution in [2.75, 3.05) is 0 Å². The molecular formula is C33H22N2. The SMILES string of the molecule is c1ccc(-n2c(-c3cccc(-c4c5ccccc5cc5ccccc45)c3)nc3ccccc32)cc1. The molecule has 0 amide bonds. The van der Waals surface area contributed by atoms with Crippen LogP contribution in [0.4, 0.5) is 0 Å². The maximum atomic E-state index is 5.08. The summed E-state index contributed by atoms with van der Waals surface area (Å²) < 4.78 is 2.26. The molecule has 7 aromatic rings. The Morgan fingerprint density at radius 3 is 1.89 bits per heavy atom. The molecule has 0 spiro atoms. The number of rotatable bonds is 3. The Balaban J connectivity index is 1.51. The molecule has 7 rings (SSSR count). The molecule has 1 heterocycles. The number of nitrogens with zero attached hydrogens (tertiary/aromatic N) is 2. The van der Waals surface area contributed by atoms with E-state index in [9.17, 15) is 0 Å². The molecule has 35 heavy (non-hydrogen) atoms. The van der Waals surface area contributed by atoms with E-state index in [2.05, 4.69) is 132 Å². The van der Waals surface area contributed by atoms with Gasteiger partial charge < -0.3 is 0 Å². The van der Waals surface area contributed by atoms with Gasteiger partial charge in [0.1, 0.15) is 5.82 Å². The van der Waals surface area contributed by atoms with Crippen molar-refractivity contribution in [1.82, 2.24) is 9.55 Å². The van der Waals surface area contributed by atoms with Gasteiger partial charge in [0.15, 0.2) is 0 Å². The lowest BCUT2D eigenvalue weighted by molar-refractivity contribution is 1.10. The summed E-state index contributed by atoms with van der Waals surface area (Å²) in [6.45, 7) is 0. The van der Waals surface area contributed by atoms with Crippen molar-refractivity contribution >= 4 is 32.6 Å². The van der Waals surface area contributed by atoms with Gasteiger partial charge in [0.25, 0.3) is 0 Å². The van der Waals surface area contributed by atoms with E-state index >= 15 is 0 Å². The maximum absolute atomic E-state index is 5.08. The first-order chi connectivity index (χ1) is 17.4. The van der Waals surface area contributed by atoms with Crippen LogP contribution in [0.15, 0.2) is 133 Å². The van der Waals surface area contributed by atoms with Gasteiger partial charge in [0, 0.05) is 11.3 Å². The lowest BCUT2D eigenvalue weighted by atomic mass is 9.91. The van der Waals surface area contributed by atoms with Crippen molar-refractivity contribution < 1.29 is 0 Å². The molecule has 0 unspecified atom stereocenters. The largest absolute Gasteiger partial charge is 0.292 e. The minimum Gasteiger partial charge on any atom is -0.292 e. The standard InChI is InChI=1S/C33H22N2/c1-2-15-27(16-3-1)35-31-20-9-8-19-30(31)34-33(35)26-14-10-13-25(22-26)32-28-17-6-4-11-23(28)21-24-12-5-7-18-29(24)32/h1-22H. The number of fused-ring (bicyclic) bond motifs is 3. The van der Waals surface area contributed by atoms with Crippen LogP contribution in [0, 0.1) is 0 Å². The fourth-order valence-corrected chi connectivity index (χ4v) is 5.20. The van der Waals surface area contributed by atoms with Crippen LogP contribution in [0.3, 0.4) is 0 Å². The van der Waals surface area contributed by atoms with E-state index in [1.165, 1.54) is 32.7 Å². The predicted molar refractivity (Wildman–Crippen MR) is 147 cm³/mol. The van der Waals surface area contributed by atoms with Crippen molar-refractivity contribution in [3.63, 3.8) is 0 Å². The third-order valence-electron chi connectivity index (χ3n) is 6.76. The average molecular weight is 447 g/mol. The van der Waals surface area contributed by atoms with Crippen LogP contribution in [-0.4, -0.2) is 9.55 Å². The summed E-state index contributed by atoms with van der Waals surface area (Å²) in [7, 11) is 0. The van der Waals surface area contributed by atoms with E-state index < -0.39 is 0 Å². The van der Waals surface area contributed by atoms with Crippen LogP contribution >= 0.6 is 0 Å². The Morgan fingerprint density at radius 2 is 1.11 bits per heavy atom. The molecule has 0 bridgehead atoms. The van der Waals surface area contributed by atoms with Gasteiger partial charge in [0.05, 0.1) is 11.0 Å². The van der Waals surface area contributed by atoms with E-state index in [1.807, 2.05) is 6.07 Å². The fourth-order valence-electron chi connectivity index (χ4n) is 5.20. The van der Waals surface area contributed by atoms with Crippen molar-refractivity contribution in [1.29, 1.82) is 0 Å². The van der Waals surface area contributed by atoms with Crippen LogP contribution in [0.1, 0.15) is 0 Å². The molecule has 0 saturated carbocycles. The summed E-state index contributed by atoms with van der Waals surface area (Å²) in [5.41, 5.74) is 6.77. The highest BCUT2D eigenvalue weighted by Crippen LogP contribution is 2.38. The highest BCUT2D eigenvalue weighted by Gasteiger charge is 2.16. The monoisotopic (exact) mass is 446 g/mol. The smallest absolute Gasteiger partial charge is 0.145 e. The zero-order valence-electron chi connectivity index (χ0n) is 19.1. The Hall–Kier alpha value is -4.69. The van der Waals surface area contributed by atoms with E-state index in [1.54, 1.807) is 0 Å². The number of para-hydroxylation sites is 3. The molecule has 164 valence electrons. The molecule has 0 aliphatic heterocycles. The fraction of sp³-hybridized carbons (Fsp3) is 0. The molecule has 1 aromatic heterocycles. The highest BCUT2D eigenvalue weighted by molar-refractivity contribution is 6.12. The molecule has 2 heteroatoms. The minimum atomic E-state index is 0.948. The van der Waals surface area contributed by atoms with Crippen LogP contribution < -0.4 is 0 Å². The normalized spacial score (nSPS) is 11.4. The van der Waals surface area contributed by atoms with E-state index in [0.29, 0.717) is 0 Å². The van der Waals surface area contributed by atoms with Gasteiger partial charge in [0.2, 0.25) is 0 Å². The van der Waals surface area contributed by atoms with Crippen molar-refractivity contribution in [2.24, 2.45) is 0 Å². The van der Waals surface area contributed by atoms with Crippen LogP contribution in [0.2, 0.25) is 0 Å². The first-order valence-corrected chi connectivity index (χ1v) is 11.9. The second-order valence-electron chi connectivity index (χ2n) is 8.87. The van der Waals surface area contributed by atoms with Gasteiger partial charge in [-0.2, -0.15) is 0 Å². The van der Waals surface area contributed by atoms with Crippen molar-refractivity contribution in [2.45, 2.75) is 0 Å². The summed E-state index contributed by atoms with van der Waals surface area (Å²) in [4.78, 5) is 5.08. The van der Waals surface area contributed by atoms with Gasteiger partial charge in [-0.15, -0.1) is 0 Å². The molecule has 0 aliphatic rings. The number of hydrogen-bond acceptors (Lipinski definition) is 1. The van der Waals surface area contributed by atoms with Gasteiger partial charge in [-0.1, -0.05) is 97.1 Å². The second-order valence-corrected chi connectivity index (χ2v) is 8.87. The second kappa shape index (κ2) is 7.96. The van der Waals surface area contributed by atoms with Crippen LogP contribution in [-0.2, 0) is 0 Å². The first-order valence-electron chi connectivity index (χ1n) is 11.9. The lowest BCUT2D eigenvalue weighted by Crippen LogP contribution is -1.97. The summed E-state index contributed by atoms with van der Waals surface area (Å²) in [5.74, 6) is 0.948. The van der Waals surface area contributed by atoms with Gasteiger partial charge >= 0.3 is 0 Å². The summed E-state index contributed by atoms with van der Waals surface area (Å²) in [6, 6.07) is 47.2. The average Bonchev–Trinajstić information content (AvgIpc) is 3.32. The number of imidazole rings is 1. The lowest BCUT2D eigenvalue weighted by Gasteiger charge is -2.14. The van der Waals surface area contributed by atoms with Gasteiger partial charge in [-0.3, -0.25) is 4.57 Å². The molecule has 2 nitrogen and oxygen atoms in total. The number of benzene rings is 6. The van der Waals surface area contributed by atoms with Crippen LogP contribution in [0.5, 0.6) is 0 Å². The number of hydrogen-bond donors (Lipinski definition) is 0. The molecule has 6 aromatic carbocycles.